The van der Waals surface area contributed by atoms with Crippen molar-refractivity contribution in [2.45, 2.75) is 6.92 Å². The van der Waals surface area contributed by atoms with Crippen LogP contribution in [0.5, 0.6) is 0 Å². The van der Waals surface area contributed by atoms with Gasteiger partial charge in [0.2, 0.25) is 5.65 Å². The molecule has 84 valence electrons. The molecule has 0 atom stereocenters. The van der Waals surface area contributed by atoms with Crippen LogP contribution in [0.3, 0.4) is 0 Å². The highest BCUT2D eigenvalue weighted by molar-refractivity contribution is 5.69. The molecule has 0 bridgehead atoms. The smallest absolute Gasteiger partial charge is 0.203 e. The molecule has 0 unspecified atom stereocenters. The van der Waals surface area contributed by atoms with E-state index in [-0.39, 0.29) is 0 Å². The van der Waals surface area contributed by atoms with Crippen LogP contribution in [-0.4, -0.2) is 19.6 Å². The summed E-state index contributed by atoms with van der Waals surface area (Å²) in [6, 6.07) is 8.11. The molecular weight excluding hydrogens is 214 g/mol. The van der Waals surface area contributed by atoms with Gasteiger partial charge in [0.05, 0.1) is 0 Å². The lowest BCUT2D eigenvalue weighted by Gasteiger charge is -2.06. The molecule has 3 rings (SSSR count). The number of benzene rings is 1. The Morgan fingerprint density at radius 1 is 1.29 bits per heavy atom. The van der Waals surface area contributed by atoms with E-state index in [9.17, 15) is 0 Å². The second-order valence-electron chi connectivity index (χ2n) is 3.83. The summed E-state index contributed by atoms with van der Waals surface area (Å²) >= 11 is 0. The van der Waals surface area contributed by atoms with Gasteiger partial charge in [-0.25, -0.2) is 4.98 Å². The van der Waals surface area contributed by atoms with Crippen molar-refractivity contribution in [3.05, 3.63) is 48.5 Å². The number of anilines is 2. The molecule has 2 heterocycles. The Morgan fingerprint density at radius 2 is 2.24 bits per heavy atom. The number of rotatable bonds is 2. The van der Waals surface area contributed by atoms with Crippen LogP contribution in [0.1, 0.15) is 5.56 Å². The summed E-state index contributed by atoms with van der Waals surface area (Å²) in [6.45, 7) is 2.05. The Kier molecular flexibility index (Phi) is 2.22. The Morgan fingerprint density at radius 3 is 3.12 bits per heavy atom. The van der Waals surface area contributed by atoms with Crippen molar-refractivity contribution in [2.24, 2.45) is 0 Å². The first-order chi connectivity index (χ1) is 8.33. The standard InChI is InChI=1S/C12H11N5/c1-9-3-2-4-10(7-9)15-11-12-16-14-8-17(12)6-5-13-11/h2-8H,1H3,(H,13,15). The molecule has 1 N–H and O–H groups in total. The van der Waals surface area contributed by atoms with Crippen LogP contribution in [0.25, 0.3) is 5.65 Å². The average Bonchev–Trinajstić information content (AvgIpc) is 2.78. The lowest BCUT2D eigenvalue weighted by atomic mass is 10.2. The first kappa shape index (κ1) is 9.77. The Labute approximate surface area is 98.1 Å². The normalized spacial score (nSPS) is 10.6. The maximum absolute atomic E-state index is 4.27. The zero-order valence-electron chi connectivity index (χ0n) is 9.33. The third-order valence-corrected chi connectivity index (χ3v) is 2.50. The summed E-state index contributed by atoms with van der Waals surface area (Å²) in [6.07, 6.45) is 5.18. The van der Waals surface area contributed by atoms with E-state index >= 15 is 0 Å². The minimum absolute atomic E-state index is 0.704. The molecule has 0 amide bonds. The predicted octanol–water partition coefficient (Wildman–Crippen LogP) is 2.18. The molecule has 0 aliphatic rings. The van der Waals surface area contributed by atoms with E-state index in [2.05, 4.69) is 39.6 Å². The third kappa shape index (κ3) is 1.82. The van der Waals surface area contributed by atoms with Crippen molar-refractivity contribution in [3.63, 3.8) is 0 Å². The van der Waals surface area contributed by atoms with Gasteiger partial charge in [0.25, 0.3) is 0 Å². The van der Waals surface area contributed by atoms with Crippen molar-refractivity contribution in [1.29, 1.82) is 0 Å². The summed E-state index contributed by atoms with van der Waals surface area (Å²) in [4.78, 5) is 4.27. The molecule has 2 aromatic heterocycles. The van der Waals surface area contributed by atoms with Crippen LogP contribution >= 0.6 is 0 Å². The fourth-order valence-corrected chi connectivity index (χ4v) is 1.71. The van der Waals surface area contributed by atoms with Crippen molar-refractivity contribution >= 4 is 17.2 Å². The second kappa shape index (κ2) is 3.86. The largest absolute Gasteiger partial charge is 0.337 e. The monoisotopic (exact) mass is 225 g/mol. The van der Waals surface area contributed by atoms with E-state index < -0.39 is 0 Å². The first-order valence-corrected chi connectivity index (χ1v) is 5.31. The summed E-state index contributed by atoms with van der Waals surface area (Å²) < 4.78 is 1.82. The molecule has 0 saturated carbocycles. The molecule has 0 radical (unpaired) electrons. The van der Waals surface area contributed by atoms with Crippen LogP contribution < -0.4 is 5.32 Å². The molecule has 1 aromatic carbocycles. The zero-order valence-corrected chi connectivity index (χ0v) is 9.33. The van der Waals surface area contributed by atoms with Gasteiger partial charge in [-0.1, -0.05) is 12.1 Å². The van der Waals surface area contributed by atoms with E-state index in [1.165, 1.54) is 5.56 Å². The van der Waals surface area contributed by atoms with E-state index in [4.69, 9.17) is 0 Å². The summed E-state index contributed by atoms with van der Waals surface area (Å²) in [5.74, 6) is 0.704. The lowest BCUT2D eigenvalue weighted by Crippen LogP contribution is -1.97. The third-order valence-electron chi connectivity index (χ3n) is 2.50. The molecule has 0 aliphatic carbocycles. The lowest BCUT2D eigenvalue weighted by molar-refractivity contribution is 1.10. The SMILES string of the molecule is Cc1cccc(Nc2nccn3cnnc23)c1. The summed E-state index contributed by atoms with van der Waals surface area (Å²) in [5.41, 5.74) is 2.91. The van der Waals surface area contributed by atoms with E-state index in [1.807, 2.05) is 22.7 Å². The van der Waals surface area contributed by atoms with Gasteiger partial charge in [0.15, 0.2) is 5.82 Å². The van der Waals surface area contributed by atoms with Crippen molar-refractivity contribution in [3.8, 4) is 0 Å². The Balaban J connectivity index is 2.02. The summed E-state index contributed by atoms with van der Waals surface area (Å²) in [5, 5.41) is 11.1. The number of fused-ring (bicyclic) bond motifs is 1. The number of aromatic nitrogens is 4. The summed E-state index contributed by atoms with van der Waals surface area (Å²) in [7, 11) is 0. The van der Waals surface area contributed by atoms with Gasteiger partial charge >= 0.3 is 0 Å². The fourth-order valence-electron chi connectivity index (χ4n) is 1.71. The van der Waals surface area contributed by atoms with E-state index in [1.54, 1.807) is 12.5 Å². The van der Waals surface area contributed by atoms with Crippen LogP contribution in [0, 0.1) is 6.92 Å². The number of nitrogens with zero attached hydrogens (tertiary/aromatic N) is 4. The first-order valence-electron chi connectivity index (χ1n) is 5.31. The minimum Gasteiger partial charge on any atom is -0.337 e. The van der Waals surface area contributed by atoms with E-state index in [0.717, 1.165) is 5.69 Å². The van der Waals surface area contributed by atoms with E-state index in [0.29, 0.717) is 11.5 Å². The van der Waals surface area contributed by atoms with Crippen LogP contribution in [0.15, 0.2) is 43.0 Å². The van der Waals surface area contributed by atoms with Crippen molar-refractivity contribution < 1.29 is 0 Å². The maximum Gasteiger partial charge on any atom is 0.203 e. The Bertz CT molecular complexity index is 659. The second-order valence-corrected chi connectivity index (χ2v) is 3.83. The zero-order chi connectivity index (χ0) is 11.7. The molecule has 0 saturated heterocycles. The highest BCUT2D eigenvalue weighted by atomic mass is 15.2. The van der Waals surface area contributed by atoms with Gasteiger partial charge in [-0.15, -0.1) is 10.2 Å². The molecular formula is C12H11N5. The quantitative estimate of drug-likeness (QED) is 0.726. The molecule has 0 aliphatic heterocycles. The topological polar surface area (TPSA) is 55.1 Å². The molecule has 5 nitrogen and oxygen atoms in total. The average molecular weight is 225 g/mol. The van der Waals surface area contributed by atoms with Crippen molar-refractivity contribution in [2.75, 3.05) is 5.32 Å². The molecule has 0 fully saturated rings. The van der Waals surface area contributed by atoms with Gasteiger partial charge < -0.3 is 5.32 Å². The van der Waals surface area contributed by atoms with Gasteiger partial charge in [-0.2, -0.15) is 0 Å². The minimum atomic E-state index is 0.704. The van der Waals surface area contributed by atoms with Crippen LogP contribution in [0.4, 0.5) is 11.5 Å². The number of hydrogen-bond acceptors (Lipinski definition) is 4. The van der Waals surface area contributed by atoms with Gasteiger partial charge in [-0.3, -0.25) is 4.40 Å². The molecule has 5 heteroatoms. The highest BCUT2D eigenvalue weighted by Gasteiger charge is 2.04. The van der Waals surface area contributed by atoms with Crippen LogP contribution in [-0.2, 0) is 0 Å². The number of hydrogen-bond donors (Lipinski definition) is 1. The van der Waals surface area contributed by atoms with Gasteiger partial charge in [0.1, 0.15) is 6.33 Å². The van der Waals surface area contributed by atoms with Crippen molar-refractivity contribution in [1.82, 2.24) is 19.6 Å². The molecule has 0 spiro atoms. The molecule has 3 aromatic rings. The fraction of sp³-hybridized carbons (Fsp3) is 0.0833. The predicted molar refractivity (Wildman–Crippen MR) is 65.2 cm³/mol. The highest BCUT2D eigenvalue weighted by Crippen LogP contribution is 2.18. The van der Waals surface area contributed by atoms with Gasteiger partial charge in [0, 0.05) is 18.1 Å². The Hall–Kier alpha value is -2.43. The maximum atomic E-state index is 4.27. The molecule has 17 heavy (non-hydrogen) atoms. The van der Waals surface area contributed by atoms with Gasteiger partial charge in [-0.05, 0) is 24.6 Å². The number of nitrogens with one attached hydrogen (secondary N) is 1. The van der Waals surface area contributed by atoms with Crippen LogP contribution in [0.2, 0.25) is 0 Å². The number of aryl methyl sites for hydroxylation is 1.